The molecule has 2 N–H and O–H groups in total. The van der Waals surface area contributed by atoms with E-state index >= 15 is 0 Å². The maximum absolute atomic E-state index is 12.6. The molecule has 5 nitrogen and oxygen atoms in total. The molecule has 5 atom stereocenters. The van der Waals surface area contributed by atoms with E-state index in [2.05, 4.69) is 0 Å². The fraction of sp³-hybridized carbons (Fsp3) is 0.471. The molecule has 0 spiro atoms. The summed E-state index contributed by atoms with van der Waals surface area (Å²) in [6.07, 6.45) is 1.96. The lowest BCUT2D eigenvalue weighted by Crippen LogP contribution is -2.56. The maximum Gasteiger partial charge on any atom is 0.234 e. The summed E-state index contributed by atoms with van der Waals surface area (Å²) in [5.41, 5.74) is 1.52. The molecule has 116 valence electrons. The predicted octanol–water partition coefficient (Wildman–Crippen LogP) is 1.59. The highest BCUT2D eigenvalue weighted by atomic mass is 16.6. The summed E-state index contributed by atoms with van der Waals surface area (Å²) in [6, 6.07) is 5.14. The standard InChI is InChI=1S/C17H18O5/c1-8-5-10-14(9-3-4-12(18)13(6-9)21-2)11-7-22-17(20,15(8)11)16(10)19/h3-6,8,11,14-15,18,20H,7H2,1-2H3/t8?,11?,14-,15?,17?/m0/s1. The number of phenolic OH excluding ortho intramolecular Hbond substituents is 1. The number of benzene rings is 1. The number of hydrogen-bond acceptors (Lipinski definition) is 5. The lowest BCUT2D eigenvalue weighted by molar-refractivity contribution is -0.204. The largest absolute Gasteiger partial charge is 0.504 e. The van der Waals surface area contributed by atoms with Crippen molar-refractivity contribution in [3.8, 4) is 11.5 Å². The summed E-state index contributed by atoms with van der Waals surface area (Å²) in [5, 5.41) is 20.3. The van der Waals surface area contributed by atoms with Crippen LogP contribution in [-0.4, -0.2) is 35.5 Å². The number of carbonyl (C=O) groups is 1. The van der Waals surface area contributed by atoms with E-state index in [4.69, 9.17) is 9.47 Å². The van der Waals surface area contributed by atoms with Gasteiger partial charge in [-0.2, -0.15) is 0 Å². The van der Waals surface area contributed by atoms with Gasteiger partial charge in [0.2, 0.25) is 11.6 Å². The third kappa shape index (κ3) is 1.53. The zero-order chi connectivity index (χ0) is 15.6. The monoisotopic (exact) mass is 302 g/mol. The van der Waals surface area contributed by atoms with Crippen molar-refractivity contribution >= 4 is 5.78 Å². The van der Waals surface area contributed by atoms with Crippen LogP contribution >= 0.6 is 0 Å². The molecule has 5 heteroatoms. The number of ether oxygens (including phenoxy) is 2. The molecule has 2 fully saturated rings. The number of aromatic hydroxyl groups is 1. The van der Waals surface area contributed by atoms with Gasteiger partial charge in [0.25, 0.3) is 0 Å². The van der Waals surface area contributed by atoms with Crippen molar-refractivity contribution in [1.82, 2.24) is 0 Å². The fourth-order valence-corrected chi connectivity index (χ4v) is 4.44. The van der Waals surface area contributed by atoms with Crippen LogP contribution in [0.1, 0.15) is 18.4 Å². The molecule has 1 heterocycles. The Hall–Kier alpha value is -1.85. The molecule has 1 aromatic rings. The van der Waals surface area contributed by atoms with Crippen LogP contribution in [0.2, 0.25) is 0 Å². The van der Waals surface area contributed by atoms with Crippen molar-refractivity contribution in [3.63, 3.8) is 0 Å². The van der Waals surface area contributed by atoms with Crippen molar-refractivity contribution in [2.45, 2.75) is 18.6 Å². The van der Waals surface area contributed by atoms with Gasteiger partial charge in [0.15, 0.2) is 11.5 Å². The average molecular weight is 302 g/mol. The summed E-state index contributed by atoms with van der Waals surface area (Å²) in [6.45, 7) is 2.37. The molecule has 1 aliphatic heterocycles. The normalized spacial score (nSPS) is 39.0. The van der Waals surface area contributed by atoms with Crippen LogP contribution in [0.15, 0.2) is 29.8 Å². The lowest BCUT2D eigenvalue weighted by atomic mass is 9.57. The van der Waals surface area contributed by atoms with Crippen LogP contribution in [0.25, 0.3) is 0 Å². The molecule has 4 bridgehead atoms. The van der Waals surface area contributed by atoms with E-state index in [1.807, 2.05) is 13.0 Å². The van der Waals surface area contributed by atoms with Gasteiger partial charge in [-0.1, -0.05) is 19.1 Å². The summed E-state index contributed by atoms with van der Waals surface area (Å²) in [5.74, 6) is -1.68. The van der Waals surface area contributed by atoms with Gasteiger partial charge in [-0.05, 0) is 23.6 Å². The minimum atomic E-state index is -1.65. The first-order chi connectivity index (χ1) is 10.5. The van der Waals surface area contributed by atoms with Crippen molar-refractivity contribution in [2.75, 3.05) is 13.7 Å². The van der Waals surface area contributed by atoms with Gasteiger partial charge in [0.1, 0.15) is 0 Å². The minimum absolute atomic E-state index is 0.0620. The lowest BCUT2D eigenvalue weighted by Gasteiger charge is -2.46. The fourth-order valence-electron chi connectivity index (χ4n) is 4.44. The Morgan fingerprint density at radius 3 is 2.91 bits per heavy atom. The van der Waals surface area contributed by atoms with Crippen molar-refractivity contribution in [2.24, 2.45) is 17.8 Å². The first-order valence-electron chi connectivity index (χ1n) is 7.47. The molecule has 1 aromatic carbocycles. The number of phenols is 1. The Labute approximate surface area is 128 Å². The first kappa shape index (κ1) is 13.8. The van der Waals surface area contributed by atoms with E-state index in [1.165, 1.54) is 7.11 Å². The number of allylic oxidation sites excluding steroid dienone is 1. The number of fused-ring (bicyclic) bond motifs is 1. The SMILES string of the molecule is COc1cc([C@H]2C3=CC(C)C4C2COC4(O)C3=O)ccc1O. The molecule has 0 radical (unpaired) electrons. The van der Waals surface area contributed by atoms with Crippen LogP contribution in [0.5, 0.6) is 11.5 Å². The summed E-state index contributed by atoms with van der Waals surface area (Å²) < 4.78 is 10.7. The van der Waals surface area contributed by atoms with Crippen molar-refractivity contribution in [1.29, 1.82) is 0 Å². The molecule has 4 unspecified atom stereocenters. The Kier molecular flexibility index (Phi) is 2.72. The van der Waals surface area contributed by atoms with Crippen LogP contribution in [-0.2, 0) is 9.53 Å². The van der Waals surface area contributed by atoms with Gasteiger partial charge in [0.05, 0.1) is 13.7 Å². The number of hydrogen-bond donors (Lipinski definition) is 2. The third-order valence-corrected chi connectivity index (χ3v) is 5.33. The quantitative estimate of drug-likeness (QED) is 0.868. The van der Waals surface area contributed by atoms with E-state index in [0.717, 1.165) is 5.56 Å². The van der Waals surface area contributed by atoms with E-state index in [1.54, 1.807) is 18.2 Å². The number of carbonyl (C=O) groups excluding carboxylic acids is 1. The second kappa shape index (κ2) is 4.33. The average Bonchev–Trinajstić information content (AvgIpc) is 2.83. The maximum atomic E-state index is 12.6. The summed E-state index contributed by atoms with van der Waals surface area (Å²) in [7, 11) is 1.50. The highest BCUT2D eigenvalue weighted by Gasteiger charge is 2.66. The van der Waals surface area contributed by atoms with Crippen LogP contribution in [0, 0.1) is 17.8 Å². The van der Waals surface area contributed by atoms with Gasteiger partial charge in [-0.15, -0.1) is 0 Å². The Bertz CT molecular complexity index is 694. The molecule has 22 heavy (non-hydrogen) atoms. The van der Waals surface area contributed by atoms with Gasteiger partial charge < -0.3 is 19.7 Å². The highest BCUT2D eigenvalue weighted by molar-refractivity contribution is 6.05. The van der Waals surface area contributed by atoms with E-state index in [0.29, 0.717) is 17.9 Å². The Morgan fingerprint density at radius 1 is 1.41 bits per heavy atom. The Balaban J connectivity index is 1.85. The molecule has 0 amide bonds. The van der Waals surface area contributed by atoms with Crippen molar-refractivity contribution in [3.05, 3.63) is 35.4 Å². The first-order valence-corrected chi connectivity index (χ1v) is 7.47. The van der Waals surface area contributed by atoms with E-state index in [9.17, 15) is 15.0 Å². The number of Topliss-reactive ketones (excluding diaryl/α,β-unsaturated/α-hetero) is 1. The molecule has 0 aromatic heterocycles. The smallest absolute Gasteiger partial charge is 0.234 e. The molecule has 4 aliphatic rings. The molecular weight excluding hydrogens is 284 g/mol. The number of aliphatic hydroxyl groups is 1. The number of ketones is 1. The Morgan fingerprint density at radius 2 is 2.18 bits per heavy atom. The zero-order valence-electron chi connectivity index (χ0n) is 12.4. The summed E-state index contributed by atoms with van der Waals surface area (Å²) in [4.78, 5) is 12.6. The second-order valence-electron chi connectivity index (χ2n) is 6.42. The van der Waals surface area contributed by atoms with E-state index < -0.39 is 5.79 Å². The molecule has 3 aliphatic carbocycles. The second-order valence-corrected chi connectivity index (χ2v) is 6.42. The molecule has 1 saturated heterocycles. The van der Waals surface area contributed by atoms with E-state index in [-0.39, 0.29) is 35.2 Å². The van der Waals surface area contributed by atoms with Gasteiger partial charge >= 0.3 is 0 Å². The summed E-state index contributed by atoms with van der Waals surface area (Å²) >= 11 is 0. The van der Waals surface area contributed by atoms with Crippen LogP contribution in [0.4, 0.5) is 0 Å². The van der Waals surface area contributed by atoms with Crippen LogP contribution < -0.4 is 4.74 Å². The molecule has 5 rings (SSSR count). The van der Waals surface area contributed by atoms with Gasteiger partial charge in [0, 0.05) is 23.3 Å². The van der Waals surface area contributed by atoms with Crippen LogP contribution in [0.3, 0.4) is 0 Å². The third-order valence-electron chi connectivity index (χ3n) is 5.33. The number of methoxy groups -OCH3 is 1. The number of rotatable bonds is 2. The van der Waals surface area contributed by atoms with Crippen molar-refractivity contribution < 1.29 is 24.5 Å². The topological polar surface area (TPSA) is 76.0 Å². The highest BCUT2D eigenvalue weighted by Crippen LogP contribution is 2.59. The predicted molar refractivity (Wildman–Crippen MR) is 77.5 cm³/mol. The molecule has 1 saturated carbocycles. The molecular formula is C17H18O5. The minimum Gasteiger partial charge on any atom is -0.504 e. The van der Waals surface area contributed by atoms with Gasteiger partial charge in [-0.3, -0.25) is 4.79 Å². The zero-order valence-corrected chi connectivity index (χ0v) is 12.4. The van der Waals surface area contributed by atoms with Gasteiger partial charge in [-0.25, -0.2) is 0 Å².